The van der Waals surface area contributed by atoms with Crippen molar-refractivity contribution in [3.05, 3.63) is 18.2 Å². The molecule has 2 aromatic rings. The lowest BCUT2D eigenvalue weighted by Gasteiger charge is -2.33. The van der Waals surface area contributed by atoms with E-state index in [0.29, 0.717) is 0 Å². The van der Waals surface area contributed by atoms with E-state index in [4.69, 9.17) is 5.73 Å². The summed E-state index contributed by atoms with van der Waals surface area (Å²) in [7, 11) is 0. The zero-order valence-electron chi connectivity index (χ0n) is 12.5. The molecule has 1 aromatic heterocycles. The van der Waals surface area contributed by atoms with Gasteiger partial charge in [-0.25, -0.2) is 4.98 Å². The van der Waals surface area contributed by atoms with Crippen LogP contribution in [0.1, 0.15) is 41.0 Å². The van der Waals surface area contributed by atoms with Gasteiger partial charge >= 0.3 is 0 Å². The average molecular weight is 260 g/mol. The Morgan fingerprint density at radius 3 is 2.53 bits per heavy atom. The van der Waals surface area contributed by atoms with Crippen LogP contribution in [0.4, 0.5) is 11.6 Å². The molecule has 0 aliphatic rings. The molecular formula is C15H24N4. The van der Waals surface area contributed by atoms with Gasteiger partial charge in [-0.1, -0.05) is 20.8 Å². The predicted molar refractivity (Wildman–Crippen MR) is 82.3 cm³/mol. The SMILES string of the molecule is CC(C)(C)CC(C)(C)Nc1nc2ccc(N)cc2[nH]1. The summed E-state index contributed by atoms with van der Waals surface area (Å²) in [5.74, 6) is 0.801. The van der Waals surface area contributed by atoms with Crippen LogP contribution < -0.4 is 11.1 Å². The van der Waals surface area contributed by atoms with E-state index in [-0.39, 0.29) is 11.0 Å². The van der Waals surface area contributed by atoms with Gasteiger partial charge in [-0.05, 0) is 43.9 Å². The number of imidazole rings is 1. The molecule has 0 saturated heterocycles. The summed E-state index contributed by atoms with van der Waals surface area (Å²) in [4.78, 5) is 7.82. The molecule has 4 N–H and O–H groups in total. The van der Waals surface area contributed by atoms with Gasteiger partial charge in [0.25, 0.3) is 0 Å². The van der Waals surface area contributed by atoms with Gasteiger partial charge in [0.2, 0.25) is 5.95 Å². The van der Waals surface area contributed by atoms with E-state index in [1.54, 1.807) is 0 Å². The maximum Gasteiger partial charge on any atom is 0.201 e. The van der Waals surface area contributed by atoms with Gasteiger partial charge in [-0.15, -0.1) is 0 Å². The summed E-state index contributed by atoms with van der Waals surface area (Å²) in [6, 6.07) is 5.71. The lowest BCUT2D eigenvalue weighted by molar-refractivity contribution is 0.301. The molecule has 0 aliphatic carbocycles. The number of nitrogens with two attached hydrogens (primary N) is 1. The van der Waals surface area contributed by atoms with Gasteiger partial charge in [0.15, 0.2) is 0 Å². The Labute approximate surface area is 114 Å². The Hall–Kier alpha value is -1.71. The summed E-state index contributed by atoms with van der Waals surface area (Å²) in [6.45, 7) is 11.1. The number of hydrogen-bond donors (Lipinski definition) is 3. The molecule has 0 aliphatic heterocycles. The van der Waals surface area contributed by atoms with Gasteiger partial charge in [-0.2, -0.15) is 0 Å². The summed E-state index contributed by atoms with van der Waals surface area (Å²) >= 11 is 0. The van der Waals surface area contributed by atoms with E-state index in [1.807, 2.05) is 18.2 Å². The van der Waals surface area contributed by atoms with Crippen molar-refractivity contribution in [3.63, 3.8) is 0 Å². The molecule has 19 heavy (non-hydrogen) atoms. The Morgan fingerprint density at radius 2 is 1.89 bits per heavy atom. The first-order valence-corrected chi connectivity index (χ1v) is 6.68. The maximum absolute atomic E-state index is 5.78. The van der Waals surface area contributed by atoms with Crippen molar-refractivity contribution in [1.29, 1.82) is 0 Å². The number of benzene rings is 1. The standard InChI is InChI=1S/C15H24N4/c1-14(2,3)9-15(4,5)19-13-17-11-7-6-10(16)8-12(11)18-13/h6-8H,9,16H2,1-5H3,(H2,17,18,19). The van der Waals surface area contributed by atoms with Crippen molar-refractivity contribution in [2.45, 2.75) is 46.6 Å². The molecule has 0 spiro atoms. The summed E-state index contributed by atoms with van der Waals surface area (Å²) in [6.07, 6.45) is 1.05. The second kappa shape index (κ2) is 4.44. The van der Waals surface area contributed by atoms with Gasteiger partial charge in [0.05, 0.1) is 11.0 Å². The summed E-state index contributed by atoms with van der Waals surface area (Å²) < 4.78 is 0. The molecule has 4 nitrogen and oxygen atoms in total. The van der Waals surface area contributed by atoms with Crippen molar-refractivity contribution in [2.75, 3.05) is 11.1 Å². The zero-order chi connectivity index (χ0) is 14.3. The van der Waals surface area contributed by atoms with Gasteiger partial charge in [-0.3, -0.25) is 0 Å². The number of aromatic nitrogens is 2. The van der Waals surface area contributed by atoms with Crippen molar-refractivity contribution < 1.29 is 0 Å². The molecule has 4 heteroatoms. The molecule has 0 saturated carbocycles. The molecule has 0 bridgehead atoms. The minimum Gasteiger partial charge on any atom is -0.399 e. The first-order chi connectivity index (χ1) is 8.65. The number of H-pyrrole nitrogens is 1. The number of nitrogens with one attached hydrogen (secondary N) is 2. The quantitative estimate of drug-likeness (QED) is 0.736. The van der Waals surface area contributed by atoms with Gasteiger partial charge < -0.3 is 16.0 Å². The van der Waals surface area contributed by atoms with Crippen LogP contribution in [0.5, 0.6) is 0 Å². The molecule has 104 valence electrons. The highest BCUT2D eigenvalue weighted by Crippen LogP contribution is 2.29. The summed E-state index contributed by atoms with van der Waals surface area (Å²) in [5, 5.41) is 3.48. The smallest absolute Gasteiger partial charge is 0.201 e. The van der Waals surface area contributed by atoms with E-state index >= 15 is 0 Å². The second-order valence-electron chi connectivity index (χ2n) is 7.11. The van der Waals surface area contributed by atoms with Crippen LogP contribution in [0, 0.1) is 5.41 Å². The fraction of sp³-hybridized carbons (Fsp3) is 0.533. The van der Waals surface area contributed by atoms with E-state index in [0.717, 1.165) is 29.1 Å². The maximum atomic E-state index is 5.78. The van der Waals surface area contributed by atoms with Crippen LogP contribution >= 0.6 is 0 Å². The highest BCUT2D eigenvalue weighted by atomic mass is 15.2. The van der Waals surface area contributed by atoms with Crippen molar-refractivity contribution in [3.8, 4) is 0 Å². The van der Waals surface area contributed by atoms with Crippen LogP contribution in [0.15, 0.2) is 18.2 Å². The third-order valence-electron chi connectivity index (χ3n) is 2.93. The topological polar surface area (TPSA) is 66.7 Å². The molecule has 0 atom stereocenters. The normalized spacial score (nSPS) is 12.9. The van der Waals surface area contributed by atoms with Crippen LogP contribution in [-0.2, 0) is 0 Å². The first-order valence-electron chi connectivity index (χ1n) is 6.68. The Morgan fingerprint density at radius 1 is 1.21 bits per heavy atom. The van der Waals surface area contributed by atoms with E-state index in [9.17, 15) is 0 Å². The monoisotopic (exact) mass is 260 g/mol. The van der Waals surface area contributed by atoms with E-state index in [1.165, 1.54) is 0 Å². The lowest BCUT2D eigenvalue weighted by atomic mass is 9.82. The Balaban J connectivity index is 2.21. The number of nitrogen functional groups attached to an aromatic ring is 1. The molecule has 1 heterocycles. The zero-order valence-corrected chi connectivity index (χ0v) is 12.5. The number of rotatable bonds is 3. The number of nitrogens with zero attached hydrogens (tertiary/aromatic N) is 1. The fourth-order valence-corrected chi connectivity index (χ4v) is 2.78. The predicted octanol–water partition coefficient (Wildman–Crippen LogP) is 3.77. The number of aromatic amines is 1. The number of fused-ring (bicyclic) bond motifs is 1. The first kappa shape index (κ1) is 13.7. The van der Waals surface area contributed by atoms with Crippen molar-refractivity contribution in [2.24, 2.45) is 5.41 Å². The Bertz CT molecular complexity index is 575. The van der Waals surface area contributed by atoms with Crippen LogP contribution in [0.3, 0.4) is 0 Å². The summed E-state index contributed by atoms with van der Waals surface area (Å²) in [5.41, 5.74) is 8.68. The van der Waals surface area contributed by atoms with Gasteiger partial charge in [0, 0.05) is 11.2 Å². The Kier molecular flexibility index (Phi) is 3.20. The minimum absolute atomic E-state index is 0.0162. The lowest BCUT2D eigenvalue weighted by Crippen LogP contribution is -2.35. The van der Waals surface area contributed by atoms with E-state index < -0.39 is 0 Å². The third kappa shape index (κ3) is 3.63. The van der Waals surface area contributed by atoms with E-state index in [2.05, 4.69) is 49.9 Å². The average Bonchev–Trinajstić information content (AvgIpc) is 2.53. The van der Waals surface area contributed by atoms with Crippen LogP contribution in [0.25, 0.3) is 11.0 Å². The van der Waals surface area contributed by atoms with Gasteiger partial charge in [0.1, 0.15) is 0 Å². The van der Waals surface area contributed by atoms with Crippen LogP contribution in [-0.4, -0.2) is 15.5 Å². The molecule has 0 radical (unpaired) electrons. The highest BCUT2D eigenvalue weighted by molar-refractivity contribution is 5.80. The number of anilines is 2. The van der Waals surface area contributed by atoms with Crippen molar-refractivity contribution in [1.82, 2.24) is 9.97 Å². The molecule has 2 rings (SSSR count). The molecule has 0 fully saturated rings. The third-order valence-corrected chi connectivity index (χ3v) is 2.93. The largest absolute Gasteiger partial charge is 0.399 e. The molecular weight excluding hydrogens is 236 g/mol. The molecule has 0 unspecified atom stereocenters. The second-order valence-corrected chi connectivity index (χ2v) is 7.11. The fourth-order valence-electron chi connectivity index (χ4n) is 2.78. The van der Waals surface area contributed by atoms with Crippen LogP contribution in [0.2, 0.25) is 0 Å². The highest BCUT2D eigenvalue weighted by Gasteiger charge is 2.26. The van der Waals surface area contributed by atoms with Crippen molar-refractivity contribution >= 4 is 22.7 Å². The molecule has 0 amide bonds. The molecule has 1 aromatic carbocycles. The number of hydrogen-bond acceptors (Lipinski definition) is 3. The minimum atomic E-state index is -0.0162.